The first-order valence-electron chi connectivity index (χ1n) is 7.26. The molecule has 0 saturated carbocycles. The minimum absolute atomic E-state index is 0.262. The van der Waals surface area contributed by atoms with Gasteiger partial charge in [-0.3, -0.25) is 0 Å². The Morgan fingerprint density at radius 1 is 1.45 bits per heavy atom. The molecule has 2 N–H and O–H groups in total. The largest absolute Gasteiger partial charge is 0.467 e. The molecule has 1 atom stereocenters. The van der Waals surface area contributed by atoms with E-state index in [1.807, 2.05) is 18.9 Å². The topological polar surface area (TPSA) is 83.8 Å². The molecule has 0 radical (unpaired) electrons. The summed E-state index contributed by atoms with van der Waals surface area (Å²) < 4.78 is 10.5. The normalized spacial score (nSPS) is 18.2. The summed E-state index contributed by atoms with van der Waals surface area (Å²) in [5, 5.41) is 5.42. The van der Waals surface area contributed by atoms with Gasteiger partial charge in [0.15, 0.2) is 0 Å². The van der Waals surface area contributed by atoms with Crippen LogP contribution in [0.1, 0.15) is 25.6 Å². The van der Waals surface area contributed by atoms with E-state index in [0.29, 0.717) is 23.6 Å². The molecular formula is C15H21N3O4. The zero-order chi connectivity index (χ0) is 16.1. The fourth-order valence-electron chi connectivity index (χ4n) is 2.24. The summed E-state index contributed by atoms with van der Waals surface area (Å²) in [7, 11) is 1.91. The Labute approximate surface area is 129 Å². The predicted molar refractivity (Wildman–Crippen MR) is 79.9 cm³/mol. The molecule has 1 unspecified atom stereocenters. The Hall–Kier alpha value is -2.28. The minimum Gasteiger partial charge on any atom is -0.467 e. The highest BCUT2D eigenvalue weighted by Crippen LogP contribution is 2.28. The summed E-state index contributed by atoms with van der Waals surface area (Å²) in [6.45, 7) is 5.23. The molecule has 0 aliphatic carbocycles. The van der Waals surface area contributed by atoms with E-state index in [9.17, 15) is 9.59 Å². The van der Waals surface area contributed by atoms with Crippen molar-refractivity contribution in [2.45, 2.75) is 19.9 Å². The number of likely N-dealkylation sites (N-methyl/N-ethyl adjacent to an activating group) is 1. The summed E-state index contributed by atoms with van der Waals surface area (Å²) in [5.74, 6) is 0.0328. The van der Waals surface area contributed by atoms with Crippen molar-refractivity contribution in [1.82, 2.24) is 15.5 Å². The second-order valence-corrected chi connectivity index (χ2v) is 4.99. The van der Waals surface area contributed by atoms with Crippen LogP contribution in [0, 0.1) is 0 Å². The van der Waals surface area contributed by atoms with E-state index in [-0.39, 0.29) is 12.6 Å². The molecule has 0 fully saturated rings. The van der Waals surface area contributed by atoms with Crippen molar-refractivity contribution in [3.8, 4) is 0 Å². The highest BCUT2D eigenvalue weighted by molar-refractivity contribution is 5.95. The second-order valence-electron chi connectivity index (χ2n) is 4.99. The third kappa shape index (κ3) is 3.48. The van der Waals surface area contributed by atoms with Crippen molar-refractivity contribution in [3.63, 3.8) is 0 Å². The van der Waals surface area contributed by atoms with E-state index in [2.05, 4.69) is 10.6 Å². The van der Waals surface area contributed by atoms with E-state index in [4.69, 9.17) is 9.15 Å². The lowest BCUT2D eigenvalue weighted by molar-refractivity contribution is -0.139. The maximum Gasteiger partial charge on any atom is 0.338 e. The number of carbonyl (C=O) groups excluding carboxylic acids is 2. The van der Waals surface area contributed by atoms with Crippen LogP contribution in [0.5, 0.6) is 0 Å². The molecule has 2 rings (SSSR count). The molecule has 7 nitrogen and oxygen atoms in total. The number of amides is 2. The quantitative estimate of drug-likeness (QED) is 0.776. The molecule has 0 saturated heterocycles. The van der Waals surface area contributed by atoms with Gasteiger partial charge in [-0.1, -0.05) is 6.92 Å². The van der Waals surface area contributed by atoms with Gasteiger partial charge >= 0.3 is 12.0 Å². The molecule has 1 aliphatic heterocycles. The molecule has 1 aromatic rings. The van der Waals surface area contributed by atoms with Crippen LogP contribution in [-0.4, -0.2) is 43.6 Å². The Morgan fingerprint density at radius 3 is 2.82 bits per heavy atom. The van der Waals surface area contributed by atoms with Gasteiger partial charge in [0.25, 0.3) is 0 Å². The number of nitrogens with one attached hydrogen (secondary N) is 2. The van der Waals surface area contributed by atoms with Crippen LogP contribution in [-0.2, 0) is 9.53 Å². The highest BCUT2D eigenvalue weighted by atomic mass is 16.5. The zero-order valence-electron chi connectivity index (χ0n) is 13.0. The third-order valence-electron chi connectivity index (χ3n) is 3.44. The number of furan rings is 1. The first kappa shape index (κ1) is 16.1. The van der Waals surface area contributed by atoms with E-state index in [1.54, 1.807) is 19.1 Å². The number of rotatable bonds is 6. The molecule has 0 bridgehead atoms. The highest BCUT2D eigenvalue weighted by Gasteiger charge is 2.35. The fourth-order valence-corrected chi connectivity index (χ4v) is 2.24. The number of carbonyl (C=O) groups is 2. The molecule has 22 heavy (non-hydrogen) atoms. The molecule has 1 aromatic heterocycles. The van der Waals surface area contributed by atoms with Crippen molar-refractivity contribution in [2.75, 3.05) is 26.7 Å². The van der Waals surface area contributed by atoms with E-state index >= 15 is 0 Å². The minimum atomic E-state index is -0.650. The maximum absolute atomic E-state index is 12.4. The van der Waals surface area contributed by atoms with Gasteiger partial charge in [-0.15, -0.1) is 0 Å². The molecule has 2 amide bonds. The van der Waals surface area contributed by atoms with Gasteiger partial charge in [0.05, 0.1) is 18.4 Å². The molecule has 7 heteroatoms. The number of hydrogen-bond donors (Lipinski definition) is 2. The average molecular weight is 307 g/mol. The van der Waals surface area contributed by atoms with Gasteiger partial charge in [-0.2, -0.15) is 0 Å². The molecule has 0 aromatic carbocycles. The second kappa shape index (κ2) is 7.13. The lowest BCUT2D eigenvalue weighted by Gasteiger charge is -2.29. The fraction of sp³-hybridized carbons (Fsp3) is 0.467. The summed E-state index contributed by atoms with van der Waals surface area (Å²) in [5.41, 5.74) is 0.907. The molecule has 1 aliphatic rings. The average Bonchev–Trinajstić information content (AvgIpc) is 3.00. The SMILES string of the molecule is CCOC(=O)C1=C(CN(C)CC)NC(=O)NC1c1ccco1. The molecular weight excluding hydrogens is 286 g/mol. The van der Waals surface area contributed by atoms with E-state index < -0.39 is 12.0 Å². The monoisotopic (exact) mass is 307 g/mol. The van der Waals surface area contributed by atoms with Crippen LogP contribution in [0.4, 0.5) is 4.79 Å². The van der Waals surface area contributed by atoms with Gasteiger partial charge in [0, 0.05) is 12.2 Å². The maximum atomic E-state index is 12.4. The number of hydrogen-bond acceptors (Lipinski definition) is 5. The van der Waals surface area contributed by atoms with Gasteiger partial charge in [-0.05, 0) is 32.6 Å². The first-order chi connectivity index (χ1) is 10.6. The number of nitrogens with zero attached hydrogens (tertiary/aromatic N) is 1. The van der Waals surface area contributed by atoms with Crippen LogP contribution in [0.25, 0.3) is 0 Å². The Bertz CT molecular complexity index is 565. The van der Waals surface area contributed by atoms with Gasteiger partial charge < -0.3 is 24.7 Å². The van der Waals surface area contributed by atoms with Crippen molar-refractivity contribution in [3.05, 3.63) is 35.4 Å². The molecule has 120 valence electrons. The Kier molecular flexibility index (Phi) is 5.21. The molecule has 0 spiro atoms. The van der Waals surface area contributed by atoms with Gasteiger partial charge in [0.1, 0.15) is 11.8 Å². The third-order valence-corrected chi connectivity index (χ3v) is 3.44. The van der Waals surface area contributed by atoms with Gasteiger partial charge in [0.2, 0.25) is 0 Å². The van der Waals surface area contributed by atoms with Crippen molar-refractivity contribution >= 4 is 12.0 Å². The number of urea groups is 1. The van der Waals surface area contributed by atoms with Crippen LogP contribution >= 0.6 is 0 Å². The lowest BCUT2D eigenvalue weighted by Crippen LogP contribution is -2.48. The predicted octanol–water partition coefficient (Wildman–Crippen LogP) is 1.40. The van der Waals surface area contributed by atoms with Crippen LogP contribution in [0.3, 0.4) is 0 Å². The Morgan fingerprint density at radius 2 is 2.23 bits per heavy atom. The summed E-state index contributed by atoms with van der Waals surface area (Å²) in [6.07, 6.45) is 1.50. The standard InChI is InChI=1S/C15H21N3O4/c1-4-18(3)9-10-12(14(19)21-5-2)13(17-15(20)16-10)11-7-6-8-22-11/h6-8,13H,4-5,9H2,1-3H3,(H2,16,17,20). The van der Waals surface area contributed by atoms with Gasteiger partial charge in [-0.25, -0.2) is 9.59 Å². The van der Waals surface area contributed by atoms with Crippen LogP contribution in [0.2, 0.25) is 0 Å². The summed E-state index contributed by atoms with van der Waals surface area (Å²) >= 11 is 0. The lowest BCUT2D eigenvalue weighted by atomic mass is 10.00. The Balaban J connectivity index is 2.43. The van der Waals surface area contributed by atoms with Crippen LogP contribution < -0.4 is 10.6 Å². The van der Waals surface area contributed by atoms with Crippen LogP contribution in [0.15, 0.2) is 34.1 Å². The first-order valence-corrected chi connectivity index (χ1v) is 7.26. The zero-order valence-corrected chi connectivity index (χ0v) is 13.0. The van der Waals surface area contributed by atoms with Crippen molar-refractivity contribution in [2.24, 2.45) is 0 Å². The van der Waals surface area contributed by atoms with Crippen molar-refractivity contribution in [1.29, 1.82) is 0 Å². The smallest absolute Gasteiger partial charge is 0.338 e. The number of ether oxygens (including phenoxy) is 1. The summed E-state index contributed by atoms with van der Waals surface area (Å²) in [4.78, 5) is 26.3. The van der Waals surface area contributed by atoms with E-state index in [1.165, 1.54) is 6.26 Å². The summed E-state index contributed by atoms with van der Waals surface area (Å²) in [6, 6.07) is 2.41. The molecule has 2 heterocycles. The van der Waals surface area contributed by atoms with E-state index in [0.717, 1.165) is 6.54 Å². The van der Waals surface area contributed by atoms with Crippen molar-refractivity contribution < 1.29 is 18.7 Å². The number of esters is 1.